The average Bonchev–Trinajstić information content (AvgIpc) is 2.27. The van der Waals surface area contributed by atoms with Crippen LogP contribution < -0.4 is 10.6 Å². The van der Waals surface area contributed by atoms with E-state index >= 15 is 0 Å². The van der Waals surface area contributed by atoms with Crippen LogP contribution in [0.15, 0.2) is 0 Å². The predicted octanol–water partition coefficient (Wildman–Crippen LogP) is 0.708. The highest BCUT2D eigenvalue weighted by atomic mass is 16.2. The molecule has 0 aromatic rings. The quantitative estimate of drug-likeness (QED) is 0.743. The van der Waals surface area contributed by atoms with E-state index in [4.69, 9.17) is 0 Å². The van der Waals surface area contributed by atoms with Crippen molar-refractivity contribution >= 4 is 11.9 Å². The van der Waals surface area contributed by atoms with Gasteiger partial charge >= 0.3 is 6.03 Å². The number of hydrogen-bond acceptors (Lipinski definition) is 3. The molecule has 5 nitrogen and oxygen atoms in total. The first-order chi connectivity index (χ1) is 7.72. The van der Waals surface area contributed by atoms with Crippen molar-refractivity contribution in [2.45, 2.75) is 32.6 Å². The third-order valence-electron chi connectivity index (χ3n) is 2.60. The second-order valence-electron chi connectivity index (χ2n) is 4.14. The smallest absolute Gasteiger partial charge is 0.321 e. The van der Waals surface area contributed by atoms with Crippen molar-refractivity contribution in [1.82, 2.24) is 15.5 Å². The highest BCUT2D eigenvalue weighted by Gasteiger charge is 2.14. The summed E-state index contributed by atoms with van der Waals surface area (Å²) in [6, 6.07) is -0.385. The van der Waals surface area contributed by atoms with Gasteiger partial charge in [-0.1, -0.05) is 13.3 Å². The van der Waals surface area contributed by atoms with E-state index in [0.29, 0.717) is 13.1 Å². The molecular weight excluding hydrogens is 206 g/mol. The fraction of sp³-hybridized carbons (Fsp3) is 0.818. The first-order valence-electron chi connectivity index (χ1n) is 6.02. The van der Waals surface area contributed by atoms with E-state index in [9.17, 15) is 9.59 Å². The average molecular weight is 227 g/mol. The number of piperidine rings is 1. The molecule has 0 aromatic heterocycles. The zero-order valence-corrected chi connectivity index (χ0v) is 9.92. The first kappa shape index (κ1) is 13.0. The maximum absolute atomic E-state index is 11.5. The Kier molecular flexibility index (Phi) is 5.85. The lowest BCUT2D eigenvalue weighted by molar-refractivity contribution is -0.121. The third kappa shape index (κ3) is 5.11. The normalized spacial score (nSPS) is 16.8. The van der Waals surface area contributed by atoms with Crippen LogP contribution in [0.5, 0.6) is 0 Å². The second kappa shape index (κ2) is 7.22. The molecule has 1 aliphatic heterocycles. The molecule has 0 radical (unpaired) electrons. The Hall–Kier alpha value is -1.10. The molecule has 5 heteroatoms. The molecule has 1 rings (SSSR count). The fourth-order valence-electron chi connectivity index (χ4n) is 1.77. The molecule has 92 valence electrons. The van der Waals surface area contributed by atoms with Crippen LogP contribution in [0.25, 0.3) is 0 Å². The van der Waals surface area contributed by atoms with Gasteiger partial charge in [-0.05, 0) is 32.4 Å². The highest BCUT2D eigenvalue weighted by molar-refractivity contribution is 5.95. The fourth-order valence-corrected chi connectivity index (χ4v) is 1.77. The Morgan fingerprint density at radius 3 is 2.50 bits per heavy atom. The van der Waals surface area contributed by atoms with Crippen molar-refractivity contribution in [1.29, 1.82) is 0 Å². The third-order valence-corrected chi connectivity index (χ3v) is 2.60. The van der Waals surface area contributed by atoms with Crippen LogP contribution in [-0.2, 0) is 4.79 Å². The van der Waals surface area contributed by atoms with Gasteiger partial charge in [0.1, 0.15) is 0 Å². The van der Waals surface area contributed by atoms with E-state index in [-0.39, 0.29) is 11.9 Å². The number of imide groups is 1. The lowest BCUT2D eigenvalue weighted by atomic mass is 10.1. The molecule has 1 saturated heterocycles. The molecular formula is C11H21N3O2. The number of rotatable bonds is 4. The van der Waals surface area contributed by atoms with E-state index < -0.39 is 0 Å². The summed E-state index contributed by atoms with van der Waals surface area (Å²) in [5.41, 5.74) is 0. The van der Waals surface area contributed by atoms with Gasteiger partial charge in [-0.15, -0.1) is 0 Å². The van der Waals surface area contributed by atoms with Crippen molar-refractivity contribution in [2.75, 3.05) is 26.2 Å². The molecule has 3 amide bonds. The number of nitrogens with one attached hydrogen (secondary N) is 2. The minimum atomic E-state index is -0.385. The Labute approximate surface area is 96.6 Å². The van der Waals surface area contributed by atoms with Gasteiger partial charge in [0.25, 0.3) is 0 Å². The van der Waals surface area contributed by atoms with Gasteiger partial charge in [0.2, 0.25) is 5.91 Å². The lowest BCUT2D eigenvalue weighted by Gasteiger charge is -2.25. The monoisotopic (exact) mass is 227 g/mol. The van der Waals surface area contributed by atoms with E-state index in [2.05, 4.69) is 15.5 Å². The zero-order valence-electron chi connectivity index (χ0n) is 9.92. The Balaban J connectivity index is 2.16. The number of carbonyl (C=O) groups excluding carboxylic acids is 2. The first-order valence-corrected chi connectivity index (χ1v) is 6.02. The Morgan fingerprint density at radius 2 is 1.88 bits per heavy atom. The van der Waals surface area contributed by atoms with Crippen molar-refractivity contribution in [2.24, 2.45) is 0 Å². The van der Waals surface area contributed by atoms with Crippen LogP contribution in [0.4, 0.5) is 4.79 Å². The van der Waals surface area contributed by atoms with Gasteiger partial charge in [0.05, 0.1) is 6.54 Å². The van der Waals surface area contributed by atoms with Crippen LogP contribution in [0.1, 0.15) is 32.6 Å². The summed E-state index contributed by atoms with van der Waals surface area (Å²) >= 11 is 0. The lowest BCUT2D eigenvalue weighted by Crippen LogP contribution is -2.45. The van der Waals surface area contributed by atoms with Crippen LogP contribution >= 0.6 is 0 Å². The molecule has 0 bridgehead atoms. The number of carbonyl (C=O) groups is 2. The summed E-state index contributed by atoms with van der Waals surface area (Å²) in [4.78, 5) is 24.8. The van der Waals surface area contributed by atoms with E-state index in [0.717, 1.165) is 32.4 Å². The molecule has 0 aliphatic carbocycles. The van der Waals surface area contributed by atoms with Gasteiger partial charge in [-0.3, -0.25) is 15.0 Å². The largest absolute Gasteiger partial charge is 0.338 e. The summed E-state index contributed by atoms with van der Waals surface area (Å²) in [5.74, 6) is -0.212. The number of urea groups is 1. The van der Waals surface area contributed by atoms with E-state index in [1.54, 1.807) is 0 Å². The van der Waals surface area contributed by atoms with Crippen LogP contribution in [-0.4, -0.2) is 43.0 Å². The molecule has 1 heterocycles. The molecule has 16 heavy (non-hydrogen) atoms. The summed E-state index contributed by atoms with van der Waals surface area (Å²) in [5, 5.41) is 4.94. The van der Waals surface area contributed by atoms with E-state index in [1.165, 1.54) is 6.42 Å². The number of likely N-dealkylation sites (tertiary alicyclic amines) is 1. The van der Waals surface area contributed by atoms with Gasteiger partial charge in [-0.25, -0.2) is 4.79 Å². The van der Waals surface area contributed by atoms with Crippen molar-refractivity contribution in [3.63, 3.8) is 0 Å². The zero-order chi connectivity index (χ0) is 11.8. The van der Waals surface area contributed by atoms with Gasteiger partial charge < -0.3 is 5.32 Å². The van der Waals surface area contributed by atoms with Crippen LogP contribution in [0.2, 0.25) is 0 Å². The summed E-state index contributed by atoms with van der Waals surface area (Å²) in [7, 11) is 0. The van der Waals surface area contributed by atoms with Crippen LogP contribution in [0, 0.1) is 0 Å². The molecule has 0 unspecified atom stereocenters. The van der Waals surface area contributed by atoms with Gasteiger partial charge in [0, 0.05) is 6.54 Å². The maximum Gasteiger partial charge on any atom is 0.321 e. The van der Waals surface area contributed by atoms with Crippen molar-refractivity contribution in [3.05, 3.63) is 0 Å². The molecule has 0 atom stereocenters. The van der Waals surface area contributed by atoms with E-state index in [1.807, 2.05) is 6.92 Å². The van der Waals surface area contributed by atoms with Gasteiger partial charge in [0.15, 0.2) is 0 Å². The number of amides is 3. The van der Waals surface area contributed by atoms with Crippen molar-refractivity contribution in [3.8, 4) is 0 Å². The molecule has 0 saturated carbocycles. The number of nitrogens with zero attached hydrogens (tertiary/aromatic N) is 1. The summed E-state index contributed by atoms with van der Waals surface area (Å²) < 4.78 is 0. The minimum absolute atomic E-state index is 0.212. The minimum Gasteiger partial charge on any atom is -0.338 e. The predicted molar refractivity (Wildman–Crippen MR) is 62.1 cm³/mol. The molecule has 2 N–H and O–H groups in total. The summed E-state index contributed by atoms with van der Waals surface area (Å²) in [6.45, 7) is 4.83. The second-order valence-corrected chi connectivity index (χ2v) is 4.14. The SMILES string of the molecule is CCCNC(=O)NC(=O)CN1CCCCC1. The van der Waals surface area contributed by atoms with Gasteiger partial charge in [-0.2, -0.15) is 0 Å². The van der Waals surface area contributed by atoms with Crippen molar-refractivity contribution < 1.29 is 9.59 Å². The Morgan fingerprint density at radius 1 is 1.19 bits per heavy atom. The molecule has 0 aromatic carbocycles. The maximum atomic E-state index is 11.5. The summed E-state index contributed by atoms with van der Waals surface area (Å²) in [6.07, 6.45) is 4.41. The molecule has 0 spiro atoms. The highest BCUT2D eigenvalue weighted by Crippen LogP contribution is 2.07. The molecule has 1 fully saturated rings. The number of hydrogen-bond donors (Lipinski definition) is 2. The van der Waals surface area contributed by atoms with Crippen LogP contribution in [0.3, 0.4) is 0 Å². The standard InChI is InChI=1S/C11H21N3O2/c1-2-6-12-11(16)13-10(15)9-14-7-4-3-5-8-14/h2-9H2,1H3,(H2,12,13,15,16). The molecule has 1 aliphatic rings. The topological polar surface area (TPSA) is 61.4 Å². The Bertz CT molecular complexity index is 237.